The molecular weight excluding hydrogens is 312 g/mol. The van der Waals surface area contributed by atoms with Crippen molar-refractivity contribution in [2.45, 2.75) is 50.1 Å². The average molecular weight is 330 g/mol. The molecule has 0 aromatic heterocycles. The Kier molecular flexibility index (Phi) is 4.09. The van der Waals surface area contributed by atoms with E-state index in [0.29, 0.717) is 0 Å². The average Bonchev–Trinajstić information content (AvgIpc) is 2.02. The van der Waals surface area contributed by atoms with Crippen molar-refractivity contribution in [2.75, 3.05) is 0 Å². The van der Waals surface area contributed by atoms with Crippen molar-refractivity contribution in [1.82, 2.24) is 0 Å². The van der Waals surface area contributed by atoms with Gasteiger partial charge in [0.1, 0.15) is 0 Å². The summed E-state index contributed by atoms with van der Waals surface area (Å²) in [6.07, 6.45) is 1.48. The highest BCUT2D eigenvalue weighted by molar-refractivity contribution is 9.51. The van der Waals surface area contributed by atoms with Gasteiger partial charge in [0.2, 0.25) is 0 Å². The molecule has 1 aliphatic heterocycles. The van der Waals surface area contributed by atoms with E-state index in [0.717, 1.165) is 0 Å². The Morgan fingerprint density at radius 3 is 2.00 bits per heavy atom. The van der Waals surface area contributed by atoms with Crippen molar-refractivity contribution in [2.24, 2.45) is 0 Å². The molecule has 1 saturated heterocycles. The maximum atomic E-state index is 3.94. The molecule has 0 aromatic carbocycles. The highest BCUT2D eigenvalue weighted by atomic mass is 79.9. The van der Waals surface area contributed by atoms with E-state index in [2.05, 4.69) is 44.4 Å². The van der Waals surface area contributed by atoms with Crippen molar-refractivity contribution >= 4 is 44.0 Å². The van der Waals surface area contributed by atoms with Crippen molar-refractivity contribution in [3.63, 3.8) is 0 Å². The van der Waals surface area contributed by atoms with Crippen molar-refractivity contribution in [3.8, 4) is 0 Å². The van der Waals surface area contributed by atoms with Crippen LogP contribution in [-0.4, -0.2) is 13.4 Å². The van der Waals surface area contributed by atoms with Crippen LogP contribution in [0.4, 0.5) is 0 Å². The van der Waals surface area contributed by atoms with Crippen molar-refractivity contribution in [1.29, 1.82) is 0 Å². The summed E-state index contributed by atoms with van der Waals surface area (Å²) in [4.78, 5) is 0. The molecule has 1 rings (SSSR count). The van der Waals surface area contributed by atoms with E-state index in [-0.39, 0.29) is 0 Å². The van der Waals surface area contributed by atoms with Crippen LogP contribution in [0.3, 0.4) is 0 Å². The Labute approximate surface area is 93.7 Å². The normalized spacial score (nSPS) is 27.0. The number of rotatable bonds is 2. The highest BCUT2D eigenvalue weighted by Gasteiger charge is 2.42. The molecule has 0 atom stereocenters. The van der Waals surface area contributed by atoms with Crippen LogP contribution in [-0.2, 0) is 0 Å². The Morgan fingerprint density at radius 2 is 1.67 bits per heavy atom. The first-order valence-corrected chi connectivity index (χ1v) is 14.7. The lowest BCUT2D eigenvalue weighted by Crippen LogP contribution is -2.43. The maximum absolute atomic E-state index is 3.94. The van der Waals surface area contributed by atoms with E-state index in [4.69, 9.17) is 0 Å². The third kappa shape index (κ3) is 2.69. The van der Waals surface area contributed by atoms with Gasteiger partial charge in [-0.1, -0.05) is 38.4 Å². The van der Waals surface area contributed by atoms with Crippen LogP contribution in [0.25, 0.3) is 0 Å². The molecule has 0 aromatic rings. The van der Waals surface area contributed by atoms with Gasteiger partial charge in [-0.05, 0) is 11.7 Å². The molecule has 0 unspecified atom stereocenters. The van der Waals surface area contributed by atoms with Crippen molar-refractivity contribution < 1.29 is 0 Å². The zero-order valence-corrected chi connectivity index (χ0v) is 13.2. The van der Waals surface area contributed by atoms with E-state index < -0.39 is 13.4 Å². The summed E-state index contributed by atoms with van der Waals surface area (Å²) in [6.45, 7) is 4.82. The monoisotopic (exact) mass is 328 g/mol. The minimum Gasteiger partial charge on any atom is -0.111 e. The van der Waals surface area contributed by atoms with E-state index >= 15 is 0 Å². The second kappa shape index (κ2) is 4.28. The standard InChI is InChI=1S/C8H18Br2Si2/c1-3-11(4-2)6-5-7-12(9,10)8-11/h3-8H2,1-2H3. The van der Waals surface area contributed by atoms with Gasteiger partial charge in [0.15, 0.2) is 5.31 Å². The molecule has 4 heteroatoms. The smallest absolute Gasteiger partial charge is 0.111 e. The largest absolute Gasteiger partial charge is 0.198 e. The number of hydrogen-bond donors (Lipinski definition) is 0. The van der Waals surface area contributed by atoms with Gasteiger partial charge in [-0.25, -0.2) is 0 Å². The Balaban J connectivity index is 2.65. The fraction of sp³-hybridized carbons (Fsp3) is 1.00. The summed E-state index contributed by atoms with van der Waals surface area (Å²) in [5.41, 5.74) is 1.56. The number of hydrogen-bond acceptors (Lipinski definition) is 0. The van der Waals surface area contributed by atoms with Crippen LogP contribution >= 0.6 is 30.6 Å². The van der Waals surface area contributed by atoms with Gasteiger partial charge in [-0.15, -0.1) is 30.6 Å². The van der Waals surface area contributed by atoms with E-state index in [1.165, 1.54) is 24.6 Å². The zero-order chi connectivity index (χ0) is 9.24. The van der Waals surface area contributed by atoms with Gasteiger partial charge in [-0.3, -0.25) is 0 Å². The third-order valence-electron chi connectivity index (χ3n) is 3.38. The topological polar surface area (TPSA) is 0 Å². The van der Waals surface area contributed by atoms with Crippen LogP contribution < -0.4 is 0 Å². The lowest BCUT2D eigenvalue weighted by molar-refractivity contribution is 0.969. The minimum absolute atomic E-state index is 0.798. The van der Waals surface area contributed by atoms with Crippen molar-refractivity contribution in [3.05, 3.63) is 0 Å². The van der Waals surface area contributed by atoms with Crippen LogP contribution in [0.1, 0.15) is 20.3 Å². The van der Waals surface area contributed by atoms with Gasteiger partial charge < -0.3 is 0 Å². The summed E-state index contributed by atoms with van der Waals surface area (Å²) in [7, 11) is -0.798. The summed E-state index contributed by atoms with van der Waals surface area (Å²) < 4.78 is 0. The molecule has 0 radical (unpaired) electrons. The quantitative estimate of drug-likeness (QED) is 0.511. The second-order valence-corrected chi connectivity index (χ2v) is 24.9. The molecule has 0 bridgehead atoms. The molecule has 0 saturated carbocycles. The Hall–Kier alpha value is 1.39. The molecule has 0 spiro atoms. The minimum atomic E-state index is -1.08. The van der Waals surface area contributed by atoms with Gasteiger partial charge in [0, 0.05) is 0 Å². The zero-order valence-electron chi connectivity index (χ0n) is 8.00. The summed E-state index contributed by atoms with van der Waals surface area (Å²) in [5, 5.41) is -1.08. The lowest BCUT2D eigenvalue weighted by atomic mass is 10.6. The Bertz CT molecular complexity index is 155. The first-order valence-electron chi connectivity index (χ1n) is 4.91. The molecule has 0 nitrogen and oxygen atoms in total. The molecule has 0 amide bonds. The SMILES string of the molecule is CC[Si]1(CC)CCC[Si](Br)(Br)C1. The van der Waals surface area contributed by atoms with E-state index in [9.17, 15) is 0 Å². The molecule has 72 valence electrons. The molecule has 1 aliphatic rings. The predicted molar refractivity (Wildman–Crippen MR) is 69.4 cm³/mol. The Morgan fingerprint density at radius 1 is 1.08 bits per heavy atom. The second-order valence-electron chi connectivity index (χ2n) is 4.09. The molecular formula is C8H18Br2Si2. The summed E-state index contributed by atoms with van der Waals surface area (Å²) in [6, 6.07) is 6.03. The molecule has 1 heterocycles. The molecule has 0 aliphatic carbocycles. The molecule has 12 heavy (non-hydrogen) atoms. The first-order chi connectivity index (χ1) is 5.54. The van der Waals surface area contributed by atoms with Gasteiger partial charge in [0.05, 0.1) is 8.07 Å². The van der Waals surface area contributed by atoms with Crippen LogP contribution in [0, 0.1) is 0 Å². The summed E-state index contributed by atoms with van der Waals surface area (Å²) >= 11 is 7.88. The van der Waals surface area contributed by atoms with E-state index in [1.54, 1.807) is 11.7 Å². The number of halogens is 2. The fourth-order valence-electron chi connectivity index (χ4n) is 2.30. The third-order valence-corrected chi connectivity index (χ3v) is 21.4. The lowest BCUT2D eigenvalue weighted by Gasteiger charge is -2.39. The van der Waals surface area contributed by atoms with Crippen LogP contribution in [0.2, 0.25) is 29.8 Å². The van der Waals surface area contributed by atoms with Crippen LogP contribution in [0.15, 0.2) is 0 Å². The van der Waals surface area contributed by atoms with Gasteiger partial charge >= 0.3 is 0 Å². The van der Waals surface area contributed by atoms with Gasteiger partial charge in [0.25, 0.3) is 0 Å². The maximum Gasteiger partial charge on any atom is 0.198 e. The molecule has 1 fully saturated rings. The van der Waals surface area contributed by atoms with E-state index in [1.807, 2.05) is 0 Å². The fourth-order valence-corrected chi connectivity index (χ4v) is 25.7. The highest BCUT2D eigenvalue weighted by Crippen LogP contribution is 2.45. The summed E-state index contributed by atoms with van der Waals surface area (Å²) in [5.74, 6) is 0. The van der Waals surface area contributed by atoms with Gasteiger partial charge in [-0.2, -0.15) is 0 Å². The molecule has 0 N–H and O–H groups in total. The van der Waals surface area contributed by atoms with Crippen LogP contribution in [0.5, 0.6) is 0 Å². The first kappa shape index (κ1) is 11.5. The predicted octanol–water partition coefficient (Wildman–Crippen LogP) is 4.65.